The van der Waals surface area contributed by atoms with Crippen LogP contribution in [0.1, 0.15) is 23.2 Å². The van der Waals surface area contributed by atoms with Crippen LogP contribution in [0.15, 0.2) is 91.3 Å². The molecule has 6 rings (SSSR count). The summed E-state index contributed by atoms with van der Waals surface area (Å²) in [4.78, 5) is 32.3. The van der Waals surface area contributed by atoms with Gasteiger partial charge in [-0.25, -0.2) is 4.90 Å². The van der Waals surface area contributed by atoms with Crippen molar-refractivity contribution in [3.63, 3.8) is 0 Å². The molecular weight excluding hydrogens is 408 g/mol. The van der Waals surface area contributed by atoms with E-state index in [4.69, 9.17) is 0 Å². The van der Waals surface area contributed by atoms with E-state index in [1.54, 1.807) is 18.3 Å². The van der Waals surface area contributed by atoms with Crippen LogP contribution in [-0.4, -0.2) is 16.8 Å². The number of aromatic nitrogens is 1. The van der Waals surface area contributed by atoms with Gasteiger partial charge in [0.25, 0.3) is 11.8 Å². The molecule has 0 saturated heterocycles. The van der Waals surface area contributed by atoms with Gasteiger partial charge in [0.1, 0.15) is 0 Å². The minimum Gasteiger partial charge on any atom is -0.269 e. The highest BCUT2D eigenvalue weighted by atomic mass is 16.2. The molecule has 2 aliphatic rings. The van der Waals surface area contributed by atoms with Gasteiger partial charge in [-0.2, -0.15) is 0 Å². The molecule has 4 heteroatoms. The fourth-order valence-electron chi connectivity index (χ4n) is 4.82. The Labute approximate surface area is 191 Å². The van der Waals surface area contributed by atoms with Crippen molar-refractivity contribution in [3.8, 4) is 22.3 Å². The number of amides is 2. The minimum atomic E-state index is -0.264. The summed E-state index contributed by atoms with van der Waals surface area (Å²) in [6.45, 7) is 0. The van der Waals surface area contributed by atoms with Crippen molar-refractivity contribution in [3.05, 3.63) is 107 Å². The fraction of sp³-hybridized carbons (Fsp3) is 0.0690. The summed E-state index contributed by atoms with van der Waals surface area (Å²) in [5, 5.41) is 1.79. The predicted octanol–water partition coefficient (Wildman–Crippen LogP) is 4.33. The molecule has 4 aromatic rings. The van der Waals surface area contributed by atoms with Crippen LogP contribution < -0.4 is 15.3 Å². The molecule has 33 heavy (non-hydrogen) atoms. The maximum absolute atomic E-state index is 13.4. The summed E-state index contributed by atoms with van der Waals surface area (Å²) in [6.07, 6.45) is 7.18. The molecule has 3 aromatic carbocycles. The number of imide groups is 1. The number of carbonyl (C=O) groups is 2. The van der Waals surface area contributed by atoms with E-state index in [1.807, 2.05) is 48.7 Å². The first kappa shape index (κ1) is 19.4. The van der Waals surface area contributed by atoms with Gasteiger partial charge >= 0.3 is 0 Å². The van der Waals surface area contributed by atoms with Crippen LogP contribution in [0.4, 0.5) is 5.69 Å². The Morgan fingerprint density at radius 2 is 1.45 bits per heavy atom. The van der Waals surface area contributed by atoms with Gasteiger partial charge in [-0.1, -0.05) is 60.7 Å². The molecule has 2 amide bonds. The van der Waals surface area contributed by atoms with E-state index in [1.165, 1.54) is 4.90 Å². The first-order chi connectivity index (χ1) is 16.2. The average Bonchev–Trinajstić information content (AvgIpc) is 2.88. The van der Waals surface area contributed by atoms with Crippen LogP contribution in [0.3, 0.4) is 0 Å². The zero-order valence-electron chi connectivity index (χ0n) is 17.9. The van der Waals surface area contributed by atoms with Gasteiger partial charge in [-0.15, -0.1) is 0 Å². The van der Waals surface area contributed by atoms with E-state index < -0.39 is 0 Å². The summed E-state index contributed by atoms with van der Waals surface area (Å²) >= 11 is 0. The molecule has 0 bridgehead atoms. The van der Waals surface area contributed by atoms with E-state index in [9.17, 15) is 9.59 Å². The Bertz CT molecular complexity index is 1520. The van der Waals surface area contributed by atoms with Gasteiger partial charge < -0.3 is 0 Å². The van der Waals surface area contributed by atoms with E-state index in [0.29, 0.717) is 17.7 Å². The third-order valence-electron chi connectivity index (χ3n) is 6.39. The summed E-state index contributed by atoms with van der Waals surface area (Å²) < 4.78 is 0. The Balaban J connectivity index is 1.49. The third kappa shape index (κ3) is 3.11. The molecular formula is C29H20N2O2. The number of hydrogen-bond donors (Lipinski definition) is 0. The summed E-state index contributed by atoms with van der Waals surface area (Å²) in [5.41, 5.74) is 6.18. The highest BCUT2D eigenvalue weighted by molar-refractivity contribution is 6.36. The monoisotopic (exact) mass is 428 g/mol. The summed E-state index contributed by atoms with van der Waals surface area (Å²) in [5.74, 6) is -0.475. The van der Waals surface area contributed by atoms with E-state index in [2.05, 4.69) is 35.3 Å². The minimum absolute atomic E-state index is 0.211. The maximum atomic E-state index is 13.4. The van der Waals surface area contributed by atoms with E-state index in [-0.39, 0.29) is 11.8 Å². The maximum Gasteiger partial charge on any atom is 0.265 e. The number of benzene rings is 3. The van der Waals surface area contributed by atoms with Crippen molar-refractivity contribution in [2.75, 3.05) is 4.90 Å². The van der Waals surface area contributed by atoms with Gasteiger partial charge in [0, 0.05) is 28.7 Å². The number of hydrogen-bond acceptors (Lipinski definition) is 3. The van der Waals surface area contributed by atoms with Gasteiger partial charge in [0.05, 0.1) is 5.69 Å². The smallest absolute Gasteiger partial charge is 0.265 e. The van der Waals surface area contributed by atoms with Crippen molar-refractivity contribution in [1.82, 2.24) is 4.98 Å². The van der Waals surface area contributed by atoms with Gasteiger partial charge in [0.15, 0.2) is 0 Å². The molecule has 1 aliphatic heterocycles. The summed E-state index contributed by atoms with van der Waals surface area (Å²) in [6, 6.07) is 25.3. The number of nitrogens with zero attached hydrogens (tertiary/aromatic N) is 2. The molecule has 4 nitrogen and oxygen atoms in total. The van der Waals surface area contributed by atoms with Crippen molar-refractivity contribution >= 4 is 29.2 Å². The second-order valence-corrected chi connectivity index (χ2v) is 8.27. The Morgan fingerprint density at radius 1 is 0.697 bits per heavy atom. The molecule has 0 atom stereocenters. The second kappa shape index (κ2) is 7.68. The van der Waals surface area contributed by atoms with Gasteiger partial charge in [-0.3, -0.25) is 14.6 Å². The lowest BCUT2D eigenvalue weighted by Gasteiger charge is -2.28. The standard InChI is InChI=1S/C29H20N2O2/c32-28-25-10-4-9-24-23(20-13-11-19(12-14-20)21-6-5-17-30-18-21)15-16-26(27(24)25)29(33)31(28)22-7-2-1-3-8-22/h1-3,5-9,11-18H,4,10H2. The molecule has 158 valence electrons. The van der Waals surface area contributed by atoms with E-state index in [0.717, 1.165) is 44.7 Å². The Kier molecular flexibility index (Phi) is 4.51. The zero-order valence-corrected chi connectivity index (χ0v) is 17.9. The number of para-hydroxylation sites is 1. The van der Waals surface area contributed by atoms with Crippen molar-refractivity contribution in [1.29, 1.82) is 0 Å². The quantitative estimate of drug-likeness (QED) is 0.457. The average molecular weight is 428 g/mol. The van der Waals surface area contributed by atoms with Crippen molar-refractivity contribution < 1.29 is 9.59 Å². The van der Waals surface area contributed by atoms with Crippen molar-refractivity contribution in [2.45, 2.75) is 12.8 Å². The Hall–Kier alpha value is -4.31. The van der Waals surface area contributed by atoms with Gasteiger partial charge in [-0.05, 0) is 64.6 Å². The van der Waals surface area contributed by atoms with Crippen LogP contribution >= 0.6 is 0 Å². The zero-order chi connectivity index (χ0) is 22.4. The third-order valence-corrected chi connectivity index (χ3v) is 6.39. The first-order valence-electron chi connectivity index (χ1n) is 11.0. The summed E-state index contributed by atoms with van der Waals surface area (Å²) in [7, 11) is 0. The highest BCUT2D eigenvalue weighted by Gasteiger charge is 2.34. The largest absolute Gasteiger partial charge is 0.269 e. The number of carbonyl (C=O) groups excluding carboxylic acids is 2. The molecule has 2 heterocycles. The first-order valence-corrected chi connectivity index (χ1v) is 11.0. The SMILES string of the molecule is O=C1C2=c3c(ccc(-c4ccc(-c5cccnc5)cc4)c3=CCC2)C(=O)N1c1ccccc1. The molecule has 1 aliphatic carbocycles. The second-order valence-electron chi connectivity index (χ2n) is 8.27. The van der Waals surface area contributed by atoms with E-state index >= 15 is 0 Å². The molecule has 0 radical (unpaired) electrons. The molecule has 0 N–H and O–H groups in total. The lowest BCUT2D eigenvalue weighted by atomic mass is 9.87. The normalized spacial score (nSPS) is 14.7. The predicted molar refractivity (Wildman–Crippen MR) is 130 cm³/mol. The van der Waals surface area contributed by atoms with Crippen LogP contribution in [0, 0.1) is 0 Å². The Morgan fingerprint density at radius 3 is 2.21 bits per heavy atom. The number of pyridine rings is 1. The van der Waals surface area contributed by atoms with Crippen molar-refractivity contribution in [2.24, 2.45) is 0 Å². The molecule has 0 fully saturated rings. The number of anilines is 1. The molecule has 0 saturated carbocycles. The van der Waals surface area contributed by atoms with Gasteiger partial charge in [0.2, 0.25) is 0 Å². The number of rotatable bonds is 3. The lowest BCUT2D eigenvalue weighted by molar-refractivity contribution is -0.113. The van der Waals surface area contributed by atoms with Crippen LogP contribution in [0.2, 0.25) is 0 Å². The fourth-order valence-corrected chi connectivity index (χ4v) is 4.82. The van der Waals surface area contributed by atoms with Crippen LogP contribution in [0.25, 0.3) is 33.9 Å². The van der Waals surface area contributed by atoms with Crippen LogP contribution in [0.5, 0.6) is 0 Å². The highest BCUT2D eigenvalue weighted by Crippen LogP contribution is 2.27. The topological polar surface area (TPSA) is 50.3 Å². The molecule has 0 unspecified atom stereocenters. The molecule has 1 aromatic heterocycles. The lowest BCUT2D eigenvalue weighted by Crippen LogP contribution is -2.51. The van der Waals surface area contributed by atoms with Crippen LogP contribution in [-0.2, 0) is 4.79 Å². The molecule has 0 spiro atoms.